The fourth-order valence-electron chi connectivity index (χ4n) is 3.94. The van der Waals surface area contributed by atoms with Crippen molar-refractivity contribution in [1.82, 2.24) is 5.32 Å². The van der Waals surface area contributed by atoms with Gasteiger partial charge >= 0.3 is 6.09 Å². The van der Waals surface area contributed by atoms with Gasteiger partial charge in [0, 0.05) is 6.42 Å². The van der Waals surface area contributed by atoms with E-state index in [4.69, 9.17) is 4.74 Å². The Hall–Kier alpha value is -1.06. The molecule has 0 aromatic rings. The Morgan fingerprint density at radius 3 is 2.22 bits per heavy atom. The van der Waals surface area contributed by atoms with Gasteiger partial charge in [-0.05, 0) is 44.9 Å². The first kappa shape index (κ1) is 24.0. The molecule has 1 aliphatic rings. The maximum absolute atomic E-state index is 13.0. The lowest BCUT2D eigenvalue weighted by Crippen LogP contribution is -2.45. The van der Waals surface area contributed by atoms with E-state index in [1.54, 1.807) is 0 Å². The number of carbonyl (C=O) groups is 2. The van der Waals surface area contributed by atoms with Crippen LogP contribution in [0.2, 0.25) is 0 Å². The second-order valence-electron chi connectivity index (χ2n) is 10.0. The van der Waals surface area contributed by atoms with Crippen LogP contribution in [0.15, 0.2) is 0 Å². The van der Waals surface area contributed by atoms with Crippen molar-refractivity contribution < 1.29 is 14.3 Å². The summed E-state index contributed by atoms with van der Waals surface area (Å²) < 4.78 is 5.40. The largest absolute Gasteiger partial charge is 0.444 e. The van der Waals surface area contributed by atoms with Gasteiger partial charge in [0.15, 0.2) is 5.78 Å². The van der Waals surface area contributed by atoms with Crippen LogP contribution in [-0.2, 0) is 9.53 Å². The van der Waals surface area contributed by atoms with Crippen molar-refractivity contribution in [1.29, 1.82) is 0 Å². The lowest BCUT2D eigenvalue weighted by atomic mass is 9.83. The van der Waals surface area contributed by atoms with Crippen LogP contribution >= 0.6 is 0 Å². The molecule has 0 saturated heterocycles. The smallest absolute Gasteiger partial charge is 0.408 e. The van der Waals surface area contributed by atoms with Crippen molar-refractivity contribution in [2.45, 2.75) is 117 Å². The normalized spacial score (nSPS) is 18.2. The van der Waals surface area contributed by atoms with Crippen LogP contribution in [0.25, 0.3) is 0 Å². The van der Waals surface area contributed by atoms with Crippen LogP contribution < -0.4 is 5.32 Å². The molecule has 1 rings (SSSR count). The lowest BCUT2D eigenvalue weighted by Gasteiger charge is -2.28. The summed E-state index contributed by atoms with van der Waals surface area (Å²) in [7, 11) is 0. The predicted octanol–water partition coefficient (Wildman–Crippen LogP) is 6.27. The van der Waals surface area contributed by atoms with Gasteiger partial charge in [-0.1, -0.05) is 72.1 Å². The molecular formula is C23H43NO3. The van der Waals surface area contributed by atoms with Crippen molar-refractivity contribution in [2.24, 2.45) is 17.8 Å². The monoisotopic (exact) mass is 381 g/mol. The molecule has 1 aliphatic carbocycles. The Bertz CT molecular complexity index is 447. The van der Waals surface area contributed by atoms with E-state index in [-0.39, 0.29) is 5.78 Å². The number of carbonyl (C=O) groups excluding carboxylic acids is 2. The predicted molar refractivity (Wildman–Crippen MR) is 112 cm³/mol. The number of ketones is 1. The maximum Gasteiger partial charge on any atom is 0.408 e. The molecule has 158 valence electrons. The minimum atomic E-state index is -0.549. The van der Waals surface area contributed by atoms with Crippen LogP contribution in [0.3, 0.4) is 0 Å². The minimum Gasteiger partial charge on any atom is -0.444 e. The van der Waals surface area contributed by atoms with E-state index in [0.717, 1.165) is 12.8 Å². The molecule has 1 saturated carbocycles. The van der Waals surface area contributed by atoms with Gasteiger partial charge in [-0.25, -0.2) is 4.79 Å². The van der Waals surface area contributed by atoms with Gasteiger partial charge < -0.3 is 10.1 Å². The standard InChI is InChI=1S/C23H43NO3/c1-17(2)11-10-12-18(3)15-21(25)20(16-19-13-8-7-9-14-19)24-22(26)27-23(4,5)6/h17-20H,7-16H2,1-6H3,(H,24,26)/t18?,20-/m1/s1. The molecule has 0 spiro atoms. The van der Waals surface area contributed by atoms with Crippen LogP contribution in [0.4, 0.5) is 4.79 Å². The third-order valence-corrected chi connectivity index (χ3v) is 5.40. The molecule has 0 radical (unpaired) electrons. The number of hydrogen-bond donors (Lipinski definition) is 1. The molecule has 0 bridgehead atoms. The molecule has 27 heavy (non-hydrogen) atoms. The van der Waals surface area contributed by atoms with E-state index in [2.05, 4.69) is 26.1 Å². The Kier molecular flexibility index (Phi) is 10.4. The first-order valence-corrected chi connectivity index (χ1v) is 11.1. The van der Waals surface area contributed by atoms with Crippen molar-refractivity contribution in [3.05, 3.63) is 0 Å². The van der Waals surface area contributed by atoms with Crippen molar-refractivity contribution in [3.63, 3.8) is 0 Å². The van der Waals surface area contributed by atoms with Gasteiger partial charge in [0.2, 0.25) is 0 Å². The number of rotatable bonds is 10. The summed E-state index contributed by atoms with van der Waals surface area (Å²) in [4.78, 5) is 25.2. The van der Waals surface area contributed by atoms with E-state index in [9.17, 15) is 9.59 Å². The summed E-state index contributed by atoms with van der Waals surface area (Å²) in [6.07, 6.45) is 10.4. The average Bonchev–Trinajstić information content (AvgIpc) is 2.53. The lowest BCUT2D eigenvalue weighted by molar-refractivity contribution is -0.122. The highest BCUT2D eigenvalue weighted by Crippen LogP contribution is 2.28. The number of Topliss-reactive ketones (excluding diaryl/α,β-unsaturated/α-hetero) is 1. The summed E-state index contributed by atoms with van der Waals surface area (Å²) >= 11 is 0. The highest BCUT2D eigenvalue weighted by atomic mass is 16.6. The molecule has 0 aromatic heterocycles. The second-order valence-corrected chi connectivity index (χ2v) is 10.0. The number of amides is 1. The Labute approximate surface area is 167 Å². The zero-order chi connectivity index (χ0) is 20.4. The summed E-state index contributed by atoms with van der Waals surface area (Å²) in [6.45, 7) is 12.2. The summed E-state index contributed by atoms with van der Waals surface area (Å²) in [6, 6.07) is -0.407. The van der Waals surface area contributed by atoms with Gasteiger partial charge in [0.1, 0.15) is 5.60 Å². The summed E-state index contributed by atoms with van der Waals surface area (Å²) in [5.74, 6) is 1.79. The molecule has 4 nitrogen and oxygen atoms in total. The molecule has 1 unspecified atom stereocenters. The molecule has 2 atom stereocenters. The number of hydrogen-bond acceptors (Lipinski definition) is 3. The quantitative estimate of drug-likeness (QED) is 0.485. The van der Waals surface area contributed by atoms with Gasteiger partial charge in [-0.2, -0.15) is 0 Å². The van der Waals surface area contributed by atoms with Gasteiger partial charge in [-0.3, -0.25) is 4.79 Å². The molecule has 1 N–H and O–H groups in total. The topological polar surface area (TPSA) is 55.4 Å². The van der Waals surface area contributed by atoms with E-state index in [0.29, 0.717) is 24.2 Å². The summed E-state index contributed by atoms with van der Waals surface area (Å²) in [5, 5.41) is 2.89. The molecule has 0 aromatic carbocycles. The van der Waals surface area contributed by atoms with Crippen LogP contribution in [-0.4, -0.2) is 23.5 Å². The zero-order valence-corrected chi connectivity index (χ0v) is 18.6. The maximum atomic E-state index is 13.0. The minimum absolute atomic E-state index is 0.170. The van der Waals surface area contributed by atoms with Crippen LogP contribution in [0.1, 0.15) is 106 Å². The van der Waals surface area contributed by atoms with Crippen molar-refractivity contribution in [2.75, 3.05) is 0 Å². The average molecular weight is 382 g/mol. The number of nitrogens with one attached hydrogen (secondary N) is 1. The zero-order valence-electron chi connectivity index (χ0n) is 18.6. The van der Waals surface area contributed by atoms with E-state index < -0.39 is 17.7 Å². The third-order valence-electron chi connectivity index (χ3n) is 5.40. The highest BCUT2D eigenvalue weighted by molar-refractivity contribution is 5.87. The van der Waals surface area contributed by atoms with E-state index in [1.807, 2.05) is 20.8 Å². The first-order valence-electron chi connectivity index (χ1n) is 11.1. The first-order chi connectivity index (χ1) is 12.6. The summed E-state index contributed by atoms with van der Waals surface area (Å²) in [5.41, 5.74) is -0.549. The number of ether oxygens (including phenoxy) is 1. The second kappa shape index (κ2) is 11.7. The van der Waals surface area contributed by atoms with Crippen LogP contribution in [0.5, 0.6) is 0 Å². The molecule has 1 amide bonds. The Morgan fingerprint density at radius 2 is 1.67 bits per heavy atom. The fraction of sp³-hybridized carbons (Fsp3) is 0.913. The van der Waals surface area contributed by atoms with Gasteiger partial charge in [0.25, 0.3) is 0 Å². The van der Waals surface area contributed by atoms with Gasteiger partial charge in [0.05, 0.1) is 6.04 Å². The SMILES string of the molecule is CC(C)CCCC(C)CC(=O)[C@@H](CC1CCCCC1)NC(=O)OC(C)(C)C. The fourth-order valence-corrected chi connectivity index (χ4v) is 3.94. The Balaban J connectivity index is 2.61. The van der Waals surface area contributed by atoms with E-state index >= 15 is 0 Å². The van der Waals surface area contributed by atoms with Gasteiger partial charge in [-0.15, -0.1) is 0 Å². The number of alkyl carbamates (subject to hydrolysis) is 1. The van der Waals surface area contributed by atoms with Crippen molar-refractivity contribution in [3.8, 4) is 0 Å². The third kappa shape index (κ3) is 11.4. The molecule has 4 heteroatoms. The molecule has 0 aliphatic heterocycles. The molecule has 0 heterocycles. The van der Waals surface area contributed by atoms with E-state index in [1.165, 1.54) is 44.9 Å². The molecule has 1 fully saturated rings. The Morgan fingerprint density at radius 1 is 1.04 bits per heavy atom. The van der Waals surface area contributed by atoms with Crippen molar-refractivity contribution >= 4 is 11.9 Å². The molecular weight excluding hydrogens is 338 g/mol. The van der Waals surface area contributed by atoms with Crippen LogP contribution in [0, 0.1) is 17.8 Å². The highest BCUT2D eigenvalue weighted by Gasteiger charge is 2.28.